The molecule has 24 heavy (non-hydrogen) atoms. The number of aryl methyl sites for hydroxylation is 2. The lowest BCUT2D eigenvalue weighted by atomic mass is 10.1. The molecule has 0 spiro atoms. The average molecular weight is 333 g/mol. The maximum Gasteiger partial charge on any atom is 0.317 e. The molecule has 1 atom stereocenters. The molecule has 0 aromatic carbocycles. The van der Waals surface area contributed by atoms with Gasteiger partial charge in [-0.25, -0.2) is 4.79 Å². The molecule has 0 aliphatic carbocycles. The second kappa shape index (κ2) is 7.51. The highest BCUT2D eigenvalue weighted by atomic mass is 16.5. The molecule has 2 rings (SSSR count). The van der Waals surface area contributed by atoms with E-state index in [1.165, 1.54) is 0 Å². The quantitative estimate of drug-likeness (QED) is 0.881. The Hall–Kier alpha value is -2.31. The fourth-order valence-corrected chi connectivity index (χ4v) is 2.54. The van der Waals surface area contributed by atoms with Gasteiger partial charge in [0, 0.05) is 31.3 Å². The number of aromatic nitrogens is 3. The Morgan fingerprint density at radius 2 is 2.04 bits per heavy atom. The molecule has 0 saturated heterocycles. The highest BCUT2D eigenvalue weighted by Crippen LogP contribution is 2.16. The molecule has 2 aromatic rings. The van der Waals surface area contributed by atoms with Crippen LogP contribution in [0.5, 0.6) is 0 Å². The maximum atomic E-state index is 12.2. The van der Waals surface area contributed by atoms with Crippen molar-refractivity contribution in [3.05, 3.63) is 35.0 Å². The highest BCUT2D eigenvalue weighted by Gasteiger charge is 2.15. The molecule has 0 aliphatic rings. The molecule has 2 aromatic heterocycles. The van der Waals surface area contributed by atoms with Gasteiger partial charge in [0.15, 0.2) is 0 Å². The Kier molecular flexibility index (Phi) is 5.64. The van der Waals surface area contributed by atoms with Crippen LogP contribution in [0.3, 0.4) is 0 Å². The fourth-order valence-electron chi connectivity index (χ4n) is 2.54. The summed E-state index contributed by atoms with van der Waals surface area (Å²) in [6, 6.07) is 3.88. The molecule has 7 nitrogen and oxygen atoms in total. The van der Waals surface area contributed by atoms with Crippen LogP contribution < -0.4 is 5.32 Å². The zero-order chi connectivity index (χ0) is 17.9. The monoisotopic (exact) mass is 333 g/mol. The van der Waals surface area contributed by atoms with E-state index in [9.17, 15) is 4.79 Å². The number of nitrogens with zero attached hydrogens (tertiary/aromatic N) is 4. The van der Waals surface area contributed by atoms with Gasteiger partial charge in [0.2, 0.25) is 0 Å². The molecule has 2 heterocycles. The standard InChI is InChI=1S/C17H27N5O2/c1-11(2)16-8-15(20-24-16)10-21(6)17(23)18-9-14(5)22-13(4)7-12(3)19-22/h7-8,11,14H,9-10H2,1-6H3,(H,18,23)/t14-/m0/s1. The van der Waals surface area contributed by atoms with Crippen LogP contribution in [0.15, 0.2) is 16.7 Å². The van der Waals surface area contributed by atoms with E-state index in [1.54, 1.807) is 11.9 Å². The summed E-state index contributed by atoms with van der Waals surface area (Å²) in [7, 11) is 1.74. The van der Waals surface area contributed by atoms with Gasteiger partial charge in [-0.3, -0.25) is 4.68 Å². The Morgan fingerprint density at radius 3 is 2.58 bits per heavy atom. The molecule has 0 radical (unpaired) electrons. The van der Waals surface area contributed by atoms with Crippen LogP contribution in [0.4, 0.5) is 4.79 Å². The number of hydrogen-bond acceptors (Lipinski definition) is 4. The van der Waals surface area contributed by atoms with E-state index in [-0.39, 0.29) is 18.0 Å². The third-order valence-electron chi connectivity index (χ3n) is 3.90. The molecule has 0 fully saturated rings. The first-order valence-electron chi connectivity index (χ1n) is 8.25. The summed E-state index contributed by atoms with van der Waals surface area (Å²) >= 11 is 0. The first-order chi connectivity index (χ1) is 11.3. The summed E-state index contributed by atoms with van der Waals surface area (Å²) in [5.41, 5.74) is 2.82. The van der Waals surface area contributed by atoms with Crippen molar-refractivity contribution >= 4 is 6.03 Å². The minimum Gasteiger partial charge on any atom is -0.361 e. The summed E-state index contributed by atoms with van der Waals surface area (Å²) in [4.78, 5) is 13.8. The van der Waals surface area contributed by atoms with Crippen molar-refractivity contribution < 1.29 is 9.32 Å². The molecule has 132 valence electrons. The lowest BCUT2D eigenvalue weighted by Gasteiger charge is -2.19. The topological polar surface area (TPSA) is 76.2 Å². The van der Waals surface area contributed by atoms with Gasteiger partial charge < -0.3 is 14.7 Å². The van der Waals surface area contributed by atoms with Gasteiger partial charge in [-0.05, 0) is 26.8 Å². The normalized spacial score (nSPS) is 12.5. The van der Waals surface area contributed by atoms with Crippen molar-refractivity contribution in [2.24, 2.45) is 0 Å². The fraction of sp³-hybridized carbons (Fsp3) is 0.588. The van der Waals surface area contributed by atoms with Gasteiger partial charge in [-0.1, -0.05) is 19.0 Å². The van der Waals surface area contributed by atoms with E-state index in [0.29, 0.717) is 13.1 Å². The first-order valence-corrected chi connectivity index (χ1v) is 8.25. The third kappa shape index (κ3) is 4.37. The molecule has 0 bridgehead atoms. The number of amides is 2. The Morgan fingerprint density at radius 1 is 1.33 bits per heavy atom. The highest BCUT2D eigenvalue weighted by molar-refractivity contribution is 5.73. The van der Waals surface area contributed by atoms with Gasteiger partial charge in [-0.2, -0.15) is 5.10 Å². The minimum absolute atomic E-state index is 0.0932. The molecule has 1 N–H and O–H groups in total. The lowest BCUT2D eigenvalue weighted by molar-refractivity contribution is 0.203. The molecule has 7 heteroatoms. The number of carbonyl (C=O) groups excluding carboxylic acids is 1. The first kappa shape index (κ1) is 18.0. The van der Waals surface area contributed by atoms with Crippen molar-refractivity contribution in [2.45, 2.75) is 53.1 Å². The van der Waals surface area contributed by atoms with Crippen LogP contribution in [-0.4, -0.2) is 39.5 Å². The van der Waals surface area contributed by atoms with Crippen LogP contribution >= 0.6 is 0 Å². The summed E-state index contributed by atoms with van der Waals surface area (Å²) in [5, 5.41) is 11.4. The number of hydrogen-bond donors (Lipinski definition) is 1. The second-order valence-electron chi connectivity index (χ2n) is 6.64. The van der Waals surface area contributed by atoms with Crippen molar-refractivity contribution in [1.82, 2.24) is 25.2 Å². The largest absolute Gasteiger partial charge is 0.361 e. The van der Waals surface area contributed by atoms with Crippen LogP contribution in [0.25, 0.3) is 0 Å². The van der Waals surface area contributed by atoms with E-state index in [4.69, 9.17) is 4.52 Å². The molecule has 0 aliphatic heterocycles. The van der Waals surface area contributed by atoms with Crippen molar-refractivity contribution in [3.8, 4) is 0 Å². The lowest BCUT2D eigenvalue weighted by Crippen LogP contribution is -2.39. The van der Waals surface area contributed by atoms with Crippen molar-refractivity contribution in [3.63, 3.8) is 0 Å². The van der Waals surface area contributed by atoms with E-state index in [0.717, 1.165) is 22.8 Å². The van der Waals surface area contributed by atoms with E-state index in [1.807, 2.05) is 51.4 Å². The number of rotatable bonds is 6. The van der Waals surface area contributed by atoms with E-state index >= 15 is 0 Å². The Balaban J connectivity index is 1.86. The number of nitrogens with one attached hydrogen (secondary N) is 1. The summed E-state index contributed by atoms with van der Waals surface area (Å²) in [5.74, 6) is 1.11. The van der Waals surface area contributed by atoms with Crippen molar-refractivity contribution in [1.29, 1.82) is 0 Å². The maximum absolute atomic E-state index is 12.2. The second-order valence-corrected chi connectivity index (χ2v) is 6.64. The predicted octanol–water partition coefficient (Wildman–Crippen LogP) is 3.01. The van der Waals surface area contributed by atoms with Crippen LogP contribution in [0.1, 0.15) is 55.6 Å². The molecule has 0 unspecified atom stereocenters. The number of urea groups is 1. The summed E-state index contributed by atoms with van der Waals surface area (Å²) < 4.78 is 7.19. The van der Waals surface area contributed by atoms with E-state index in [2.05, 4.69) is 15.6 Å². The Bertz CT molecular complexity index is 689. The van der Waals surface area contributed by atoms with Crippen LogP contribution in [0, 0.1) is 13.8 Å². The van der Waals surface area contributed by atoms with E-state index < -0.39 is 0 Å². The van der Waals surface area contributed by atoms with Gasteiger partial charge in [0.1, 0.15) is 11.5 Å². The van der Waals surface area contributed by atoms with Crippen molar-refractivity contribution in [2.75, 3.05) is 13.6 Å². The Labute approximate surface area is 143 Å². The van der Waals surface area contributed by atoms with Gasteiger partial charge >= 0.3 is 6.03 Å². The predicted molar refractivity (Wildman–Crippen MR) is 91.9 cm³/mol. The zero-order valence-electron chi connectivity index (χ0n) is 15.3. The zero-order valence-corrected chi connectivity index (χ0v) is 15.3. The summed E-state index contributed by atoms with van der Waals surface area (Å²) in [6.45, 7) is 11.0. The number of carbonyl (C=O) groups is 1. The van der Waals surface area contributed by atoms with Gasteiger partial charge in [0.05, 0.1) is 18.3 Å². The summed E-state index contributed by atoms with van der Waals surface area (Å²) in [6.07, 6.45) is 0. The SMILES string of the molecule is Cc1cc(C)n([C@@H](C)CNC(=O)N(C)Cc2cc(C(C)C)on2)n1. The average Bonchev–Trinajstić information content (AvgIpc) is 3.10. The molecular weight excluding hydrogens is 306 g/mol. The van der Waals surface area contributed by atoms with Crippen LogP contribution in [-0.2, 0) is 6.54 Å². The van der Waals surface area contributed by atoms with Gasteiger partial charge in [0.25, 0.3) is 0 Å². The third-order valence-corrected chi connectivity index (χ3v) is 3.90. The minimum atomic E-state index is -0.141. The molecule has 0 saturated carbocycles. The van der Waals surface area contributed by atoms with Crippen LogP contribution in [0.2, 0.25) is 0 Å². The molecule has 2 amide bonds. The molecular formula is C17H27N5O2. The van der Waals surface area contributed by atoms with Gasteiger partial charge in [-0.15, -0.1) is 0 Å². The smallest absolute Gasteiger partial charge is 0.317 e.